The van der Waals surface area contributed by atoms with Gasteiger partial charge in [-0.25, -0.2) is 12.8 Å². The van der Waals surface area contributed by atoms with Crippen LogP contribution in [0.15, 0.2) is 53.4 Å². The minimum atomic E-state index is -3.90. The van der Waals surface area contributed by atoms with Crippen molar-refractivity contribution in [3.63, 3.8) is 0 Å². The van der Waals surface area contributed by atoms with Crippen LogP contribution in [0.3, 0.4) is 0 Å². The molecule has 1 amide bonds. The zero-order valence-electron chi connectivity index (χ0n) is 14.6. The third kappa shape index (κ3) is 6.49. The lowest BCUT2D eigenvalue weighted by molar-refractivity contribution is -0.122. The quantitative estimate of drug-likeness (QED) is 0.640. The lowest BCUT2D eigenvalue weighted by atomic mass is 10.2. The summed E-state index contributed by atoms with van der Waals surface area (Å²) in [4.78, 5) is 12.5. The summed E-state index contributed by atoms with van der Waals surface area (Å²) in [5, 5.41) is 3.01. The fourth-order valence-electron chi connectivity index (χ4n) is 2.30. The fraction of sp³-hybridized carbons (Fsp3) is 0.278. The van der Waals surface area contributed by atoms with Crippen LogP contribution in [0.2, 0.25) is 5.02 Å². The van der Waals surface area contributed by atoms with Crippen molar-refractivity contribution in [1.82, 2.24) is 10.0 Å². The second-order valence-electron chi connectivity index (χ2n) is 5.72. The second kappa shape index (κ2) is 10.1. The Morgan fingerprint density at radius 2 is 1.85 bits per heavy atom. The Balaban J connectivity index is 2.10. The van der Waals surface area contributed by atoms with Crippen LogP contribution in [0.25, 0.3) is 0 Å². The predicted octanol–water partition coefficient (Wildman–Crippen LogP) is 3.20. The van der Waals surface area contributed by atoms with Gasteiger partial charge < -0.3 is 5.32 Å². The molecule has 1 unspecified atom stereocenters. The minimum absolute atomic E-state index is 0.0166. The highest BCUT2D eigenvalue weighted by molar-refractivity contribution is 7.98. The molecule has 2 aromatic rings. The molecule has 0 aliphatic heterocycles. The van der Waals surface area contributed by atoms with Crippen LogP contribution < -0.4 is 10.0 Å². The Bertz CT molecular complexity index is 876. The molecule has 0 heterocycles. The highest BCUT2D eigenvalue weighted by Gasteiger charge is 2.25. The summed E-state index contributed by atoms with van der Waals surface area (Å²) >= 11 is 7.28. The molecule has 0 radical (unpaired) electrons. The van der Waals surface area contributed by atoms with E-state index in [1.807, 2.05) is 6.26 Å². The molecule has 0 saturated heterocycles. The number of thioether (sulfide) groups is 1. The number of nitrogens with one attached hydrogen (secondary N) is 2. The summed E-state index contributed by atoms with van der Waals surface area (Å²) in [5.74, 6) is -0.356. The maximum atomic E-state index is 13.7. The molecule has 2 aromatic carbocycles. The van der Waals surface area contributed by atoms with Crippen LogP contribution >= 0.6 is 23.4 Å². The van der Waals surface area contributed by atoms with Crippen molar-refractivity contribution in [1.29, 1.82) is 0 Å². The standard InChI is InChI=1S/C18H20ClFN2O3S2/c1-26-11-10-17(18(23)21-12-13-4-2-3-5-16(13)20)22-27(24,25)15-8-6-14(19)7-9-15/h2-9,17,22H,10-12H2,1H3,(H,21,23). The molecule has 2 N–H and O–H groups in total. The average molecular weight is 431 g/mol. The van der Waals surface area contributed by atoms with Gasteiger partial charge in [0.05, 0.1) is 4.90 Å². The highest BCUT2D eigenvalue weighted by Crippen LogP contribution is 2.15. The molecule has 2 rings (SSSR count). The predicted molar refractivity (Wildman–Crippen MR) is 107 cm³/mol. The van der Waals surface area contributed by atoms with E-state index in [-0.39, 0.29) is 11.4 Å². The Labute approximate surface area is 167 Å². The summed E-state index contributed by atoms with van der Waals surface area (Å²) in [7, 11) is -3.90. The van der Waals surface area contributed by atoms with Crippen LogP contribution in [-0.4, -0.2) is 32.4 Å². The summed E-state index contributed by atoms with van der Waals surface area (Å²) in [6, 6.07) is 10.8. The smallest absolute Gasteiger partial charge is 0.241 e. The first kappa shape index (κ1) is 21.7. The number of hydrogen-bond donors (Lipinski definition) is 2. The number of rotatable bonds is 9. The molecule has 0 saturated carbocycles. The first-order chi connectivity index (χ1) is 12.8. The van der Waals surface area contributed by atoms with E-state index in [9.17, 15) is 17.6 Å². The molecule has 0 aliphatic carbocycles. The minimum Gasteiger partial charge on any atom is -0.351 e. The van der Waals surface area contributed by atoms with Crippen molar-refractivity contribution in [2.45, 2.75) is 23.9 Å². The van der Waals surface area contributed by atoms with Crippen molar-refractivity contribution in [3.8, 4) is 0 Å². The van der Waals surface area contributed by atoms with Crippen LogP contribution in [-0.2, 0) is 21.4 Å². The van der Waals surface area contributed by atoms with Gasteiger partial charge in [0.1, 0.15) is 11.9 Å². The molecule has 9 heteroatoms. The zero-order chi connectivity index (χ0) is 19.9. The Morgan fingerprint density at radius 1 is 1.19 bits per heavy atom. The van der Waals surface area contributed by atoms with Gasteiger partial charge in [-0.1, -0.05) is 29.8 Å². The fourth-order valence-corrected chi connectivity index (χ4v) is 4.12. The van der Waals surface area contributed by atoms with Gasteiger partial charge in [-0.05, 0) is 48.8 Å². The molecule has 0 aromatic heterocycles. The lowest BCUT2D eigenvalue weighted by Gasteiger charge is -2.18. The molecule has 27 heavy (non-hydrogen) atoms. The van der Waals surface area contributed by atoms with Crippen LogP contribution in [0.1, 0.15) is 12.0 Å². The SMILES string of the molecule is CSCCC(NS(=O)(=O)c1ccc(Cl)cc1)C(=O)NCc1ccccc1F. The average Bonchev–Trinajstić information content (AvgIpc) is 2.64. The van der Waals surface area contributed by atoms with Gasteiger partial charge >= 0.3 is 0 Å². The number of hydrogen-bond acceptors (Lipinski definition) is 4. The van der Waals surface area contributed by atoms with E-state index >= 15 is 0 Å². The zero-order valence-corrected chi connectivity index (χ0v) is 17.0. The summed E-state index contributed by atoms with van der Waals surface area (Å²) in [5.41, 5.74) is 0.329. The van der Waals surface area contributed by atoms with Gasteiger partial charge in [0.25, 0.3) is 0 Å². The van der Waals surface area contributed by atoms with Crippen molar-refractivity contribution >= 4 is 39.3 Å². The van der Waals surface area contributed by atoms with E-state index in [1.54, 1.807) is 18.2 Å². The third-order valence-corrected chi connectivity index (χ3v) is 6.14. The molecule has 146 valence electrons. The van der Waals surface area contributed by atoms with Gasteiger partial charge in [-0.2, -0.15) is 16.5 Å². The number of halogens is 2. The third-order valence-electron chi connectivity index (χ3n) is 3.76. The second-order valence-corrected chi connectivity index (χ2v) is 8.85. The van der Waals surface area contributed by atoms with E-state index in [2.05, 4.69) is 10.0 Å². The maximum Gasteiger partial charge on any atom is 0.241 e. The van der Waals surface area contributed by atoms with Crippen molar-refractivity contribution in [3.05, 3.63) is 64.9 Å². The monoisotopic (exact) mass is 430 g/mol. The lowest BCUT2D eigenvalue weighted by Crippen LogP contribution is -2.46. The van der Waals surface area contributed by atoms with Crippen LogP contribution in [0, 0.1) is 5.82 Å². The topological polar surface area (TPSA) is 75.3 Å². The first-order valence-electron chi connectivity index (χ1n) is 8.11. The van der Waals surface area contributed by atoms with E-state index in [1.165, 1.54) is 42.1 Å². The van der Waals surface area contributed by atoms with Gasteiger partial charge in [0.2, 0.25) is 15.9 Å². The van der Waals surface area contributed by atoms with Crippen molar-refractivity contribution < 1.29 is 17.6 Å². The van der Waals surface area contributed by atoms with Gasteiger partial charge in [-0.15, -0.1) is 0 Å². The first-order valence-corrected chi connectivity index (χ1v) is 11.4. The number of amides is 1. The van der Waals surface area contributed by atoms with E-state index in [0.29, 0.717) is 22.8 Å². The molecule has 0 bridgehead atoms. The summed E-state index contributed by atoms with van der Waals surface area (Å²) in [6.07, 6.45) is 2.17. The van der Waals surface area contributed by atoms with Gasteiger partial charge in [0, 0.05) is 17.1 Å². The molecule has 5 nitrogen and oxygen atoms in total. The summed E-state index contributed by atoms with van der Waals surface area (Å²) < 4.78 is 41.2. The van der Waals surface area contributed by atoms with Crippen molar-refractivity contribution in [2.75, 3.05) is 12.0 Å². The van der Waals surface area contributed by atoms with Gasteiger partial charge in [0.15, 0.2) is 0 Å². The van der Waals surface area contributed by atoms with E-state index < -0.39 is 27.8 Å². The highest BCUT2D eigenvalue weighted by atomic mass is 35.5. The summed E-state index contributed by atoms with van der Waals surface area (Å²) in [6.45, 7) is -0.0239. The molecular weight excluding hydrogens is 411 g/mol. The van der Waals surface area contributed by atoms with Crippen LogP contribution in [0.5, 0.6) is 0 Å². The normalized spacial score (nSPS) is 12.6. The molecule has 0 spiro atoms. The number of carbonyl (C=O) groups is 1. The van der Waals surface area contributed by atoms with Crippen molar-refractivity contribution in [2.24, 2.45) is 0 Å². The van der Waals surface area contributed by atoms with Gasteiger partial charge in [-0.3, -0.25) is 4.79 Å². The van der Waals surface area contributed by atoms with E-state index in [4.69, 9.17) is 11.6 Å². The number of carbonyl (C=O) groups excluding carboxylic acids is 1. The van der Waals surface area contributed by atoms with Crippen LogP contribution in [0.4, 0.5) is 4.39 Å². The molecular formula is C18H20ClFN2O3S2. The largest absolute Gasteiger partial charge is 0.351 e. The number of sulfonamides is 1. The molecule has 0 fully saturated rings. The van der Waals surface area contributed by atoms with E-state index in [0.717, 1.165) is 0 Å². The number of benzene rings is 2. The maximum absolute atomic E-state index is 13.7. The Kier molecular flexibility index (Phi) is 8.09. The molecule has 0 aliphatic rings. The Hall–Kier alpha value is -1.61. The molecule has 1 atom stereocenters. The Morgan fingerprint density at radius 3 is 2.48 bits per heavy atom.